The normalized spacial score (nSPS) is 11.1. The van der Waals surface area contributed by atoms with Gasteiger partial charge in [-0.1, -0.05) is 30.3 Å². The molecular weight excluding hydrogens is 236 g/mol. The maximum Gasteiger partial charge on any atom is 0.129 e. The van der Waals surface area contributed by atoms with Crippen molar-refractivity contribution >= 4 is 12.2 Å². The highest BCUT2D eigenvalue weighted by Gasteiger charge is 2.10. The fourth-order valence-corrected chi connectivity index (χ4v) is 2.10. The van der Waals surface area contributed by atoms with E-state index in [1.54, 1.807) is 12.1 Å². The van der Waals surface area contributed by atoms with E-state index in [0.717, 1.165) is 22.3 Å². The Labute approximate surface area is 113 Å². The highest BCUT2D eigenvalue weighted by molar-refractivity contribution is 5.78. The van der Waals surface area contributed by atoms with Crippen LogP contribution in [0.15, 0.2) is 30.3 Å². The van der Waals surface area contributed by atoms with Crippen molar-refractivity contribution in [3.05, 3.63) is 58.1 Å². The number of hydrogen-bond donors (Lipinski definition) is 2. The zero-order valence-electron chi connectivity index (χ0n) is 11.4. The summed E-state index contributed by atoms with van der Waals surface area (Å²) in [6.45, 7) is 5.68. The average molecular weight is 254 g/mol. The van der Waals surface area contributed by atoms with Gasteiger partial charge < -0.3 is 10.2 Å². The molecule has 0 aliphatic carbocycles. The summed E-state index contributed by atoms with van der Waals surface area (Å²) in [7, 11) is 0. The Balaban J connectivity index is 2.47. The Kier molecular flexibility index (Phi) is 3.61. The topological polar surface area (TPSA) is 40.5 Å². The quantitative estimate of drug-likeness (QED) is 0.789. The van der Waals surface area contributed by atoms with Crippen molar-refractivity contribution in [3.8, 4) is 11.5 Å². The third-order valence-corrected chi connectivity index (χ3v) is 3.31. The fourth-order valence-electron chi connectivity index (χ4n) is 2.10. The Morgan fingerprint density at radius 1 is 0.789 bits per heavy atom. The van der Waals surface area contributed by atoms with E-state index in [4.69, 9.17) is 0 Å². The molecule has 0 radical (unpaired) electrons. The van der Waals surface area contributed by atoms with Gasteiger partial charge in [-0.3, -0.25) is 0 Å². The minimum absolute atomic E-state index is 0.132. The van der Waals surface area contributed by atoms with Gasteiger partial charge in [0.2, 0.25) is 0 Å². The van der Waals surface area contributed by atoms with Crippen LogP contribution in [-0.4, -0.2) is 10.2 Å². The van der Waals surface area contributed by atoms with Crippen LogP contribution in [0, 0.1) is 20.8 Å². The first-order chi connectivity index (χ1) is 9.00. The first-order valence-electron chi connectivity index (χ1n) is 6.26. The monoisotopic (exact) mass is 254 g/mol. The van der Waals surface area contributed by atoms with E-state index in [1.165, 1.54) is 0 Å². The highest BCUT2D eigenvalue weighted by atomic mass is 16.3. The molecular formula is C17H18O2. The van der Waals surface area contributed by atoms with E-state index in [2.05, 4.69) is 0 Å². The van der Waals surface area contributed by atoms with E-state index in [1.807, 2.05) is 51.1 Å². The first kappa shape index (κ1) is 13.2. The Morgan fingerprint density at radius 2 is 1.37 bits per heavy atom. The van der Waals surface area contributed by atoms with Crippen LogP contribution in [0.4, 0.5) is 0 Å². The SMILES string of the molecule is Cc1ccccc1C=Cc1c(O)c(C)cc(C)c1O. The van der Waals surface area contributed by atoms with Crippen molar-refractivity contribution in [2.24, 2.45) is 0 Å². The summed E-state index contributed by atoms with van der Waals surface area (Å²) in [6.07, 6.45) is 3.66. The van der Waals surface area contributed by atoms with E-state index >= 15 is 0 Å². The number of phenolic OH excluding ortho intramolecular Hbond substituents is 2. The summed E-state index contributed by atoms with van der Waals surface area (Å²) in [4.78, 5) is 0. The third kappa shape index (κ3) is 2.63. The lowest BCUT2D eigenvalue weighted by molar-refractivity contribution is 0.443. The van der Waals surface area contributed by atoms with Gasteiger partial charge in [0.25, 0.3) is 0 Å². The van der Waals surface area contributed by atoms with Gasteiger partial charge in [-0.05, 0) is 55.2 Å². The molecule has 0 saturated carbocycles. The predicted molar refractivity (Wildman–Crippen MR) is 79.4 cm³/mol. The lowest BCUT2D eigenvalue weighted by Gasteiger charge is -2.09. The summed E-state index contributed by atoms with van der Waals surface area (Å²) in [5, 5.41) is 20.1. The highest BCUT2D eigenvalue weighted by Crippen LogP contribution is 2.34. The lowest BCUT2D eigenvalue weighted by atomic mass is 10.0. The molecule has 98 valence electrons. The maximum atomic E-state index is 10.0. The van der Waals surface area contributed by atoms with Crippen LogP contribution >= 0.6 is 0 Å². The van der Waals surface area contributed by atoms with Crippen LogP contribution in [0.3, 0.4) is 0 Å². The number of aryl methyl sites for hydroxylation is 3. The Morgan fingerprint density at radius 3 is 1.95 bits per heavy atom. The largest absolute Gasteiger partial charge is 0.507 e. The summed E-state index contributed by atoms with van der Waals surface area (Å²) in [6, 6.07) is 9.76. The molecule has 0 aliphatic heterocycles. The molecule has 0 aromatic heterocycles. The van der Waals surface area contributed by atoms with Crippen LogP contribution in [0.2, 0.25) is 0 Å². The summed E-state index contributed by atoms with van der Waals surface area (Å²) in [5.74, 6) is 0.265. The molecule has 0 saturated heterocycles. The summed E-state index contributed by atoms with van der Waals surface area (Å²) < 4.78 is 0. The van der Waals surface area contributed by atoms with Crippen LogP contribution in [0.5, 0.6) is 11.5 Å². The standard InChI is InChI=1S/C17H18O2/c1-11-6-4-5-7-14(11)8-9-15-16(18)12(2)10-13(3)17(15)19/h4-10,18-19H,1-3H3. The van der Waals surface area contributed by atoms with Crippen molar-refractivity contribution in [2.75, 3.05) is 0 Å². The zero-order valence-corrected chi connectivity index (χ0v) is 11.4. The molecule has 0 heterocycles. The molecule has 2 aromatic carbocycles. The zero-order chi connectivity index (χ0) is 14.0. The molecule has 0 unspecified atom stereocenters. The number of phenols is 2. The van der Waals surface area contributed by atoms with Crippen molar-refractivity contribution in [3.63, 3.8) is 0 Å². The average Bonchev–Trinajstić information content (AvgIpc) is 2.38. The van der Waals surface area contributed by atoms with Gasteiger partial charge in [0.15, 0.2) is 0 Å². The number of rotatable bonds is 2. The second-order valence-electron chi connectivity index (χ2n) is 4.81. The van der Waals surface area contributed by atoms with Gasteiger partial charge in [0.05, 0.1) is 5.56 Å². The van der Waals surface area contributed by atoms with Gasteiger partial charge in [-0.2, -0.15) is 0 Å². The fraction of sp³-hybridized carbons (Fsp3) is 0.176. The number of aromatic hydroxyl groups is 2. The van der Waals surface area contributed by atoms with Crippen molar-refractivity contribution < 1.29 is 10.2 Å². The Hall–Kier alpha value is -2.22. The summed E-state index contributed by atoms with van der Waals surface area (Å²) in [5.41, 5.74) is 4.22. The minimum Gasteiger partial charge on any atom is -0.507 e. The molecule has 2 rings (SSSR count). The molecule has 0 atom stereocenters. The molecule has 2 N–H and O–H groups in total. The van der Waals surface area contributed by atoms with Crippen LogP contribution in [-0.2, 0) is 0 Å². The van der Waals surface area contributed by atoms with E-state index in [0.29, 0.717) is 5.56 Å². The van der Waals surface area contributed by atoms with Crippen molar-refractivity contribution in [1.82, 2.24) is 0 Å². The van der Waals surface area contributed by atoms with Gasteiger partial charge in [0, 0.05) is 0 Å². The van der Waals surface area contributed by atoms with Crippen LogP contribution in [0.1, 0.15) is 27.8 Å². The number of hydrogen-bond acceptors (Lipinski definition) is 2. The Bertz CT molecular complexity index is 614. The molecule has 0 spiro atoms. The predicted octanol–water partition coefficient (Wildman–Crippen LogP) is 4.19. The van der Waals surface area contributed by atoms with Crippen LogP contribution in [0.25, 0.3) is 12.2 Å². The minimum atomic E-state index is 0.132. The number of benzene rings is 2. The molecule has 0 amide bonds. The van der Waals surface area contributed by atoms with Gasteiger partial charge in [-0.15, -0.1) is 0 Å². The maximum absolute atomic E-state index is 10.0. The van der Waals surface area contributed by atoms with E-state index in [-0.39, 0.29) is 11.5 Å². The first-order valence-corrected chi connectivity index (χ1v) is 6.26. The molecule has 2 heteroatoms. The molecule has 0 aliphatic rings. The van der Waals surface area contributed by atoms with Gasteiger partial charge in [0.1, 0.15) is 11.5 Å². The molecule has 0 bridgehead atoms. The lowest BCUT2D eigenvalue weighted by Crippen LogP contribution is -1.86. The molecule has 2 aromatic rings. The van der Waals surface area contributed by atoms with Crippen molar-refractivity contribution in [2.45, 2.75) is 20.8 Å². The molecule has 0 fully saturated rings. The summed E-state index contributed by atoms with van der Waals surface area (Å²) >= 11 is 0. The van der Waals surface area contributed by atoms with Gasteiger partial charge >= 0.3 is 0 Å². The van der Waals surface area contributed by atoms with Crippen molar-refractivity contribution in [1.29, 1.82) is 0 Å². The van der Waals surface area contributed by atoms with E-state index in [9.17, 15) is 10.2 Å². The van der Waals surface area contributed by atoms with E-state index < -0.39 is 0 Å². The van der Waals surface area contributed by atoms with Gasteiger partial charge in [-0.25, -0.2) is 0 Å². The molecule has 2 nitrogen and oxygen atoms in total. The second kappa shape index (κ2) is 5.19. The second-order valence-corrected chi connectivity index (χ2v) is 4.81. The smallest absolute Gasteiger partial charge is 0.129 e. The third-order valence-electron chi connectivity index (χ3n) is 3.31. The molecule has 19 heavy (non-hydrogen) atoms. The van der Waals surface area contributed by atoms with Crippen LogP contribution < -0.4 is 0 Å².